The average Bonchev–Trinajstić information content (AvgIpc) is 2.74. The molecular weight excluding hydrogens is 264 g/mol. The third-order valence-electron chi connectivity index (χ3n) is 3.87. The van der Waals surface area contributed by atoms with Crippen molar-refractivity contribution in [3.8, 4) is 11.8 Å². The molecule has 1 amide bonds. The first-order chi connectivity index (χ1) is 10.3. The minimum Gasteiger partial charge on any atom is -0.479 e. The number of hydrogen-bond donors (Lipinski definition) is 1. The van der Waals surface area contributed by atoms with Crippen molar-refractivity contribution in [3.63, 3.8) is 0 Å². The van der Waals surface area contributed by atoms with Crippen molar-refractivity contribution in [2.24, 2.45) is 5.92 Å². The van der Waals surface area contributed by atoms with Gasteiger partial charge in [0.25, 0.3) is 0 Å². The minimum absolute atomic E-state index is 0.0134. The summed E-state index contributed by atoms with van der Waals surface area (Å²) in [4.78, 5) is 12.1. The largest absolute Gasteiger partial charge is 0.479 e. The molecule has 1 fully saturated rings. The lowest BCUT2D eigenvalue weighted by molar-refractivity contribution is -0.117. The number of amides is 1. The van der Waals surface area contributed by atoms with Crippen LogP contribution in [0.3, 0.4) is 0 Å². The number of hydrogen-bond acceptors (Lipinski definition) is 3. The Morgan fingerprint density at radius 1 is 1.29 bits per heavy atom. The maximum absolute atomic E-state index is 12.1. The molecule has 1 N–H and O–H groups in total. The monoisotopic (exact) mass is 286 g/mol. The summed E-state index contributed by atoms with van der Waals surface area (Å²) in [5.41, 5.74) is 0.726. The van der Waals surface area contributed by atoms with Crippen LogP contribution in [-0.2, 0) is 4.79 Å². The highest BCUT2D eigenvalue weighted by Gasteiger charge is 2.16. The van der Waals surface area contributed by atoms with Gasteiger partial charge in [-0.15, -0.1) is 0 Å². The summed E-state index contributed by atoms with van der Waals surface area (Å²) < 4.78 is 5.23. The third kappa shape index (κ3) is 5.47. The SMILES string of the molecule is N#CCOc1cccc(NC(=O)CC2CCCCCC2)c1. The zero-order valence-corrected chi connectivity index (χ0v) is 12.3. The Hall–Kier alpha value is -2.02. The first-order valence-electron chi connectivity index (χ1n) is 7.67. The molecule has 1 saturated carbocycles. The van der Waals surface area contributed by atoms with Crippen molar-refractivity contribution in [2.45, 2.75) is 44.9 Å². The maximum atomic E-state index is 12.1. The van der Waals surface area contributed by atoms with Gasteiger partial charge in [0.1, 0.15) is 11.8 Å². The average molecular weight is 286 g/mol. The van der Waals surface area contributed by atoms with E-state index in [1.807, 2.05) is 18.2 Å². The van der Waals surface area contributed by atoms with Crippen LogP contribution in [0.15, 0.2) is 24.3 Å². The van der Waals surface area contributed by atoms with Gasteiger partial charge in [-0.1, -0.05) is 31.7 Å². The fraction of sp³-hybridized carbons (Fsp3) is 0.529. The second-order valence-corrected chi connectivity index (χ2v) is 5.58. The van der Waals surface area contributed by atoms with E-state index in [9.17, 15) is 4.79 Å². The van der Waals surface area contributed by atoms with E-state index in [0.717, 1.165) is 5.69 Å². The molecule has 4 heteroatoms. The summed E-state index contributed by atoms with van der Waals surface area (Å²) in [5.74, 6) is 1.19. The van der Waals surface area contributed by atoms with Crippen molar-refractivity contribution < 1.29 is 9.53 Å². The van der Waals surface area contributed by atoms with Crippen LogP contribution in [0.4, 0.5) is 5.69 Å². The molecule has 1 aliphatic carbocycles. The molecule has 0 aromatic heterocycles. The number of rotatable bonds is 5. The molecule has 0 atom stereocenters. The van der Waals surface area contributed by atoms with Gasteiger partial charge in [0.2, 0.25) is 5.91 Å². The molecule has 1 aromatic rings. The lowest BCUT2D eigenvalue weighted by Crippen LogP contribution is -2.16. The topological polar surface area (TPSA) is 62.1 Å². The molecule has 0 saturated heterocycles. The van der Waals surface area contributed by atoms with Crippen molar-refractivity contribution in [2.75, 3.05) is 11.9 Å². The Bertz CT molecular complexity index is 500. The smallest absolute Gasteiger partial charge is 0.224 e. The molecule has 1 aliphatic rings. The first kappa shape index (κ1) is 15.4. The van der Waals surface area contributed by atoms with Gasteiger partial charge < -0.3 is 10.1 Å². The predicted octanol–water partition coefficient (Wildman–Crippen LogP) is 3.89. The van der Waals surface area contributed by atoms with Crippen LogP contribution in [0, 0.1) is 17.2 Å². The Morgan fingerprint density at radius 2 is 2.05 bits per heavy atom. The van der Waals surface area contributed by atoms with Crippen LogP contribution >= 0.6 is 0 Å². The third-order valence-corrected chi connectivity index (χ3v) is 3.87. The first-order valence-corrected chi connectivity index (χ1v) is 7.67. The fourth-order valence-electron chi connectivity index (χ4n) is 2.82. The van der Waals surface area contributed by atoms with Gasteiger partial charge in [0.15, 0.2) is 6.61 Å². The Labute approximate surface area is 126 Å². The van der Waals surface area contributed by atoms with Gasteiger partial charge in [-0.05, 0) is 30.9 Å². The van der Waals surface area contributed by atoms with Crippen molar-refractivity contribution >= 4 is 11.6 Å². The van der Waals surface area contributed by atoms with Gasteiger partial charge in [0, 0.05) is 18.2 Å². The highest BCUT2D eigenvalue weighted by atomic mass is 16.5. The molecule has 2 rings (SSSR count). The number of nitrogens with one attached hydrogen (secondary N) is 1. The maximum Gasteiger partial charge on any atom is 0.224 e. The van der Waals surface area contributed by atoms with Crippen molar-refractivity contribution in [1.82, 2.24) is 0 Å². The second-order valence-electron chi connectivity index (χ2n) is 5.58. The normalized spacial score (nSPS) is 15.8. The number of carbonyl (C=O) groups excluding carboxylic acids is 1. The number of ether oxygens (including phenoxy) is 1. The standard InChI is InChI=1S/C17H22N2O2/c18-10-11-21-16-9-5-8-15(13-16)19-17(20)12-14-6-3-1-2-4-7-14/h5,8-9,13-14H,1-4,6-7,11-12H2,(H,19,20). The Balaban J connectivity index is 1.85. The summed E-state index contributed by atoms with van der Waals surface area (Å²) in [7, 11) is 0. The van der Waals surface area contributed by atoms with Crippen LogP contribution in [0.25, 0.3) is 0 Å². The highest BCUT2D eigenvalue weighted by molar-refractivity contribution is 5.91. The van der Waals surface area contributed by atoms with Crippen LogP contribution < -0.4 is 10.1 Å². The molecule has 1 aromatic carbocycles. The zero-order valence-electron chi connectivity index (χ0n) is 12.3. The molecule has 21 heavy (non-hydrogen) atoms. The highest BCUT2D eigenvalue weighted by Crippen LogP contribution is 2.26. The van der Waals surface area contributed by atoms with E-state index in [-0.39, 0.29) is 12.5 Å². The lowest BCUT2D eigenvalue weighted by Gasteiger charge is -2.14. The Kier molecular flexibility index (Phi) is 6.08. The number of anilines is 1. The molecule has 0 heterocycles. The second kappa shape index (κ2) is 8.31. The summed E-state index contributed by atoms with van der Waals surface area (Å²) in [6.45, 7) is 0.0134. The van der Waals surface area contributed by atoms with Crippen molar-refractivity contribution in [3.05, 3.63) is 24.3 Å². The van der Waals surface area contributed by atoms with E-state index in [1.165, 1.54) is 38.5 Å². The summed E-state index contributed by atoms with van der Waals surface area (Å²) >= 11 is 0. The van der Waals surface area contributed by atoms with E-state index in [1.54, 1.807) is 12.1 Å². The molecule has 4 nitrogen and oxygen atoms in total. The summed E-state index contributed by atoms with van der Waals surface area (Å²) in [5, 5.41) is 11.4. The Morgan fingerprint density at radius 3 is 2.76 bits per heavy atom. The predicted molar refractivity (Wildman–Crippen MR) is 82.0 cm³/mol. The van der Waals surface area contributed by atoms with Crippen molar-refractivity contribution in [1.29, 1.82) is 5.26 Å². The minimum atomic E-state index is 0.0134. The van der Waals surface area contributed by atoms with Gasteiger partial charge in [-0.2, -0.15) is 5.26 Å². The molecule has 0 aliphatic heterocycles. The number of nitrogens with zero attached hydrogens (tertiary/aromatic N) is 1. The zero-order chi connectivity index (χ0) is 14.9. The molecule has 112 valence electrons. The fourth-order valence-corrected chi connectivity index (χ4v) is 2.82. The molecule has 0 bridgehead atoms. The number of benzene rings is 1. The van der Waals surface area contributed by atoms with E-state index >= 15 is 0 Å². The number of carbonyl (C=O) groups is 1. The number of nitriles is 1. The van der Waals surface area contributed by atoms with Crippen LogP contribution in [0.2, 0.25) is 0 Å². The lowest BCUT2D eigenvalue weighted by atomic mass is 9.96. The van der Waals surface area contributed by atoms with Gasteiger partial charge >= 0.3 is 0 Å². The van der Waals surface area contributed by atoms with Crippen LogP contribution in [0.1, 0.15) is 44.9 Å². The van der Waals surface area contributed by atoms with Gasteiger partial charge in [0.05, 0.1) is 0 Å². The molecule has 0 radical (unpaired) electrons. The van der Waals surface area contributed by atoms with Gasteiger partial charge in [-0.25, -0.2) is 0 Å². The van der Waals surface area contributed by atoms with Crippen LogP contribution in [-0.4, -0.2) is 12.5 Å². The summed E-state index contributed by atoms with van der Waals surface area (Å²) in [6.07, 6.45) is 8.03. The quantitative estimate of drug-likeness (QED) is 0.835. The van der Waals surface area contributed by atoms with Gasteiger partial charge in [-0.3, -0.25) is 4.79 Å². The molecule has 0 spiro atoms. The molecule has 0 unspecified atom stereocenters. The van der Waals surface area contributed by atoms with E-state index < -0.39 is 0 Å². The van der Waals surface area contributed by atoms with Crippen LogP contribution in [0.5, 0.6) is 5.75 Å². The van der Waals surface area contributed by atoms with E-state index in [4.69, 9.17) is 10.00 Å². The summed E-state index contributed by atoms with van der Waals surface area (Å²) in [6, 6.07) is 9.11. The van der Waals surface area contributed by atoms with E-state index in [0.29, 0.717) is 18.1 Å². The van der Waals surface area contributed by atoms with E-state index in [2.05, 4.69) is 5.32 Å². The molecular formula is C17H22N2O2.